The Labute approximate surface area is 191 Å². The molecule has 11 heteroatoms. The first-order chi connectivity index (χ1) is 16.2. The number of hydrogen-bond acceptors (Lipinski definition) is 7. The standard InChI is InChI=1S/C23H19F3N4O4/c1-13-7-9-15(10-8-13)21-28-27-20(34-21)14(2)33-22(31)19-18(32-3)12-30(29-19)17-6-4-5-16(11-17)23(24,25)26/h4-12,14H,1-3H3. The molecule has 0 spiro atoms. The largest absolute Gasteiger partial charge is 0.493 e. The lowest BCUT2D eigenvalue weighted by molar-refractivity contribution is -0.137. The average molecular weight is 472 g/mol. The van der Waals surface area contributed by atoms with Crippen molar-refractivity contribution in [1.29, 1.82) is 0 Å². The molecule has 0 fully saturated rings. The van der Waals surface area contributed by atoms with Gasteiger partial charge in [0.05, 0.1) is 24.6 Å². The Morgan fingerprint density at radius 3 is 2.53 bits per heavy atom. The minimum Gasteiger partial charge on any atom is -0.493 e. The summed E-state index contributed by atoms with van der Waals surface area (Å²) in [5, 5.41) is 12.0. The van der Waals surface area contributed by atoms with Crippen molar-refractivity contribution in [1.82, 2.24) is 20.0 Å². The molecule has 2 aromatic heterocycles. The third-order valence-electron chi connectivity index (χ3n) is 4.90. The number of esters is 1. The number of alkyl halides is 3. The highest BCUT2D eigenvalue weighted by atomic mass is 19.4. The fourth-order valence-electron chi connectivity index (χ4n) is 3.08. The lowest BCUT2D eigenvalue weighted by Gasteiger charge is -2.09. The van der Waals surface area contributed by atoms with Gasteiger partial charge in [-0.15, -0.1) is 10.2 Å². The number of carbonyl (C=O) groups is 1. The van der Waals surface area contributed by atoms with Crippen LogP contribution in [0.4, 0.5) is 13.2 Å². The zero-order chi connectivity index (χ0) is 24.5. The van der Waals surface area contributed by atoms with Crippen molar-refractivity contribution in [2.24, 2.45) is 0 Å². The molecule has 0 aliphatic heterocycles. The predicted octanol–water partition coefficient (Wildman–Crippen LogP) is 5.18. The highest BCUT2D eigenvalue weighted by Gasteiger charge is 2.31. The first-order valence-corrected chi connectivity index (χ1v) is 10.1. The van der Waals surface area contributed by atoms with Gasteiger partial charge in [-0.2, -0.15) is 18.3 Å². The summed E-state index contributed by atoms with van der Waals surface area (Å²) >= 11 is 0. The molecule has 8 nitrogen and oxygen atoms in total. The monoisotopic (exact) mass is 472 g/mol. The molecule has 1 atom stereocenters. The van der Waals surface area contributed by atoms with E-state index in [0.717, 1.165) is 22.4 Å². The Morgan fingerprint density at radius 2 is 1.85 bits per heavy atom. The van der Waals surface area contributed by atoms with E-state index in [1.54, 1.807) is 6.92 Å². The number of aromatic nitrogens is 4. The molecule has 0 amide bonds. The van der Waals surface area contributed by atoms with Gasteiger partial charge in [0.25, 0.3) is 5.89 Å². The number of hydrogen-bond donors (Lipinski definition) is 0. The summed E-state index contributed by atoms with van der Waals surface area (Å²) in [4.78, 5) is 12.7. The van der Waals surface area contributed by atoms with Crippen molar-refractivity contribution in [3.63, 3.8) is 0 Å². The van der Waals surface area contributed by atoms with Crippen LogP contribution >= 0.6 is 0 Å². The number of ether oxygens (including phenoxy) is 2. The molecule has 0 radical (unpaired) electrons. The molecule has 2 aromatic carbocycles. The van der Waals surface area contributed by atoms with E-state index < -0.39 is 23.8 Å². The van der Waals surface area contributed by atoms with Crippen molar-refractivity contribution >= 4 is 5.97 Å². The maximum absolute atomic E-state index is 13.0. The molecule has 1 unspecified atom stereocenters. The van der Waals surface area contributed by atoms with E-state index in [2.05, 4.69) is 15.3 Å². The molecule has 0 aliphatic carbocycles. The number of rotatable bonds is 6. The van der Waals surface area contributed by atoms with Gasteiger partial charge in [0.1, 0.15) is 0 Å². The molecule has 2 heterocycles. The van der Waals surface area contributed by atoms with Gasteiger partial charge in [-0.25, -0.2) is 9.48 Å². The van der Waals surface area contributed by atoms with Crippen molar-refractivity contribution in [3.05, 3.63) is 77.4 Å². The number of methoxy groups -OCH3 is 1. The molecular weight excluding hydrogens is 453 g/mol. The zero-order valence-corrected chi connectivity index (χ0v) is 18.3. The van der Waals surface area contributed by atoms with Gasteiger partial charge >= 0.3 is 12.1 Å². The molecule has 176 valence electrons. The molecule has 34 heavy (non-hydrogen) atoms. The van der Waals surface area contributed by atoms with Crippen LogP contribution in [0.3, 0.4) is 0 Å². The molecule has 0 bridgehead atoms. The number of aryl methyl sites for hydroxylation is 1. The number of nitrogens with zero attached hydrogens (tertiary/aromatic N) is 4. The van der Waals surface area contributed by atoms with Crippen LogP contribution in [0.2, 0.25) is 0 Å². The van der Waals surface area contributed by atoms with Gasteiger partial charge in [-0.05, 0) is 44.2 Å². The molecule has 4 rings (SSSR count). The number of carbonyl (C=O) groups excluding carboxylic acids is 1. The Kier molecular flexibility index (Phi) is 6.10. The highest BCUT2D eigenvalue weighted by Crippen LogP contribution is 2.31. The van der Waals surface area contributed by atoms with Crippen molar-refractivity contribution in [3.8, 4) is 22.9 Å². The zero-order valence-electron chi connectivity index (χ0n) is 18.3. The topological polar surface area (TPSA) is 92.3 Å². The summed E-state index contributed by atoms with van der Waals surface area (Å²) in [5.74, 6) is -0.504. The first kappa shape index (κ1) is 23.0. The summed E-state index contributed by atoms with van der Waals surface area (Å²) in [6.07, 6.45) is -4.15. The lowest BCUT2D eigenvalue weighted by Crippen LogP contribution is -2.12. The third-order valence-corrected chi connectivity index (χ3v) is 4.90. The Balaban J connectivity index is 1.53. The fourth-order valence-corrected chi connectivity index (χ4v) is 3.08. The van der Waals surface area contributed by atoms with E-state index in [4.69, 9.17) is 13.9 Å². The molecule has 0 saturated carbocycles. The third kappa shape index (κ3) is 4.77. The van der Waals surface area contributed by atoms with E-state index in [1.165, 1.54) is 25.4 Å². The van der Waals surface area contributed by atoms with Crippen molar-refractivity contribution in [2.75, 3.05) is 7.11 Å². The van der Waals surface area contributed by atoms with Gasteiger partial charge in [-0.1, -0.05) is 23.8 Å². The van der Waals surface area contributed by atoms with Crippen LogP contribution in [0, 0.1) is 6.92 Å². The normalized spacial score (nSPS) is 12.4. The Hall–Kier alpha value is -4.15. The highest BCUT2D eigenvalue weighted by molar-refractivity contribution is 5.90. The first-order valence-electron chi connectivity index (χ1n) is 10.1. The van der Waals surface area contributed by atoms with Crippen molar-refractivity contribution in [2.45, 2.75) is 26.1 Å². The lowest BCUT2D eigenvalue weighted by atomic mass is 10.1. The summed E-state index contributed by atoms with van der Waals surface area (Å²) in [5.41, 5.74) is 0.816. The van der Waals surface area contributed by atoms with E-state index in [0.29, 0.717) is 5.56 Å². The van der Waals surface area contributed by atoms with Crippen molar-refractivity contribution < 1.29 is 31.9 Å². The van der Waals surface area contributed by atoms with Gasteiger partial charge < -0.3 is 13.9 Å². The summed E-state index contributed by atoms with van der Waals surface area (Å²) in [6, 6.07) is 12.0. The maximum atomic E-state index is 13.0. The van der Waals surface area contributed by atoms with Crippen LogP contribution in [0.1, 0.15) is 40.5 Å². The molecular formula is C23H19F3N4O4. The van der Waals surface area contributed by atoms with Gasteiger partial charge in [0, 0.05) is 5.56 Å². The molecule has 0 saturated heterocycles. The van der Waals surface area contributed by atoms with E-state index in [9.17, 15) is 18.0 Å². The second-order valence-corrected chi connectivity index (χ2v) is 7.40. The van der Waals surface area contributed by atoms with Gasteiger partial charge in [0.15, 0.2) is 11.9 Å². The van der Waals surface area contributed by atoms with E-state index >= 15 is 0 Å². The predicted molar refractivity (Wildman–Crippen MR) is 113 cm³/mol. The van der Waals surface area contributed by atoms with Gasteiger partial charge in [0.2, 0.25) is 11.6 Å². The average Bonchev–Trinajstić information content (AvgIpc) is 3.47. The Morgan fingerprint density at radius 1 is 1.12 bits per heavy atom. The van der Waals surface area contributed by atoms with Crippen LogP contribution in [0.15, 0.2) is 59.1 Å². The smallest absolute Gasteiger partial charge is 0.416 e. The summed E-state index contributed by atoms with van der Waals surface area (Å²) < 4.78 is 56.4. The summed E-state index contributed by atoms with van der Waals surface area (Å²) in [6.45, 7) is 3.49. The minimum atomic E-state index is -4.52. The molecule has 0 aliphatic rings. The van der Waals surface area contributed by atoms with Crippen LogP contribution in [-0.4, -0.2) is 33.1 Å². The van der Waals surface area contributed by atoms with Crippen LogP contribution in [-0.2, 0) is 10.9 Å². The number of benzene rings is 2. The Bertz CT molecular complexity index is 1310. The summed E-state index contributed by atoms with van der Waals surface area (Å²) in [7, 11) is 1.31. The fraction of sp³-hybridized carbons (Fsp3) is 0.217. The van der Waals surface area contributed by atoms with Crippen LogP contribution in [0.25, 0.3) is 17.1 Å². The van der Waals surface area contributed by atoms with E-state index in [1.807, 2.05) is 31.2 Å². The maximum Gasteiger partial charge on any atom is 0.416 e. The van der Waals surface area contributed by atoms with E-state index in [-0.39, 0.29) is 28.9 Å². The SMILES string of the molecule is COc1cn(-c2cccc(C(F)(F)F)c2)nc1C(=O)OC(C)c1nnc(-c2ccc(C)cc2)o1. The number of halogens is 3. The van der Waals surface area contributed by atoms with Gasteiger partial charge in [-0.3, -0.25) is 0 Å². The second kappa shape index (κ2) is 9.00. The molecule has 0 N–H and O–H groups in total. The van der Waals surface area contributed by atoms with Crippen LogP contribution in [0.5, 0.6) is 5.75 Å². The minimum absolute atomic E-state index is 0.0282. The van der Waals surface area contributed by atoms with Crippen LogP contribution < -0.4 is 4.74 Å². The second-order valence-electron chi connectivity index (χ2n) is 7.40. The molecule has 4 aromatic rings. The quantitative estimate of drug-likeness (QED) is 0.357.